The van der Waals surface area contributed by atoms with Gasteiger partial charge < -0.3 is 19.4 Å². The lowest BCUT2D eigenvalue weighted by Gasteiger charge is -2.36. The second-order valence-electron chi connectivity index (χ2n) is 12.8. The number of nitrogens with zero attached hydrogens (tertiary/aromatic N) is 5. The molecule has 1 amide bonds. The van der Waals surface area contributed by atoms with Crippen molar-refractivity contribution in [2.45, 2.75) is 25.7 Å². The van der Waals surface area contributed by atoms with Crippen molar-refractivity contribution in [2.24, 2.45) is 0 Å². The lowest BCUT2D eigenvalue weighted by atomic mass is 9.97. The van der Waals surface area contributed by atoms with Crippen molar-refractivity contribution in [2.75, 3.05) is 58.3 Å². The van der Waals surface area contributed by atoms with Gasteiger partial charge in [-0.05, 0) is 92.5 Å². The van der Waals surface area contributed by atoms with Gasteiger partial charge in [0.05, 0.1) is 17.0 Å². The normalized spacial score (nSPS) is 15.9. The summed E-state index contributed by atoms with van der Waals surface area (Å²) in [6.07, 6.45) is 3.39. The van der Waals surface area contributed by atoms with E-state index < -0.39 is 10.0 Å². The number of aromatic nitrogens is 2. The summed E-state index contributed by atoms with van der Waals surface area (Å²) in [6, 6.07) is 18.7. The van der Waals surface area contributed by atoms with E-state index >= 15 is 0 Å². The number of aryl methyl sites for hydroxylation is 3. The van der Waals surface area contributed by atoms with Crippen LogP contribution in [-0.4, -0.2) is 86.5 Å². The van der Waals surface area contributed by atoms with E-state index in [0.29, 0.717) is 41.1 Å². The van der Waals surface area contributed by atoms with Gasteiger partial charge in [0.2, 0.25) is 0 Å². The zero-order valence-corrected chi connectivity index (χ0v) is 28.3. The molecule has 0 radical (unpaired) electrons. The third kappa shape index (κ3) is 5.55. The molecule has 2 aliphatic heterocycles. The Labute approximate surface area is 276 Å². The fourth-order valence-electron chi connectivity index (χ4n) is 6.71. The number of carbonyl (C=O) groups excluding carboxylic acids is 1. The Hall–Kier alpha value is -4.67. The predicted molar refractivity (Wildman–Crippen MR) is 186 cm³/mol. The molecule has 3 aromatic carbocycles. The number of amides is 1. The summed E-state index contributed by atoms with van der Waals surface area (Å²) >= 11 is 0. The number of rotatable bonds is 5. The molecule has 47 heavy (non-hydrogen) atoms. The molecule has 7 rings (SSSR count). The standard InChI is InChI=1S/C37H39N5O4S/c1-24-6-9-30(10-7-24)47(44,45)42-23-33(27-8-11-31-34(21-27)46-17-16-40(5)37(31)43)32-20-29(22-38-36(32)42)28-18-25(2)35(26(3)19-28)41-14-12-39(4)13-15-41/h6-11,18-23H,12-17H2,1-5H3. The van der Waals surface area contributed by atoms with Gasteiger partial charge in [-0.3, -0.25) is 4.79 Å². The number of hydrogen-bond donors (Lipinski definition) is 0. The minimum atomic E-state index is -3.97. The highest BCUT2D eigenvalue weighted by molar-refractivity contribution is 7.90. The molecule has 9 nitrogen and oxygen atoms in total. The number of benzene rings is 3. The molecule has 4 heterocycles. The van der Waals surface area contributed by atoms with Gasteiger partial charge in [0.1, 0.15) is 12.4 Å². The molecule has 242 valence electrons. The molecular weight excluding hydrogens is 611 g/mol. The smallest absolute Gasteiger partial charge is 0.269 e. The predicted octanol–water partition coefficient (Wildman–Crippen LogP) is 5.75. The molecule has 0 spiro atoms. The second-order valence-corrected chi connectivity index (χ2v) is 14.6. The van der Waals surface area contributed by atoms with Crippen molar-refractivity contribution in [1.82, 2.24) is 18.8 Å². The van der Waals surface area contributed by atoms with E-state index in [9.17, 15) is 13.2 Å². The van der Waals surface area contributed by atoms with Gasteiger partial charge >= 0.3 is 0 Å². The van der Waals surface area contributed by atoms with Crippen molar-refractivity contribution in [1.29, 1.82) is 0 Å². The summed E-state index contributed by atoms with van der Waals surface area (Å²) in [5, 5.41) is 0.689. The Kier molecular flexibility index (Phi) is 7.80. The lowest BCUT2D eigenvalue weighted by molar-refractivity contribution is 0.0796. The number of likely N-dealkylation sites (N-methyl/N-ethyl adjacent to an activating group) is 2. The molecule has 1 saturated heterocycles. The molecule has 2 aliphatic rings. The minimum Gasteiger partial charge on any atom is -0.491 e. The molecule has 0 atom stereocenters. The Bertz CT molecular complexity index is 2110. The first-order chi connectivity index (χ1) is 22.5. The van der Waals surface area contributed by atoms with Crippen molar-refractivity contribution in [3.8, 4) is 28.0 Å². The zero-order chi connectivity index (χ0) is 33.0. The maximum atomic E-state index is 14.1. The van der Waals surface area contributed by atoms with E-state index in [0.717, 1.165) is 48.4 Å². The van der Waals surface area contributed by atoms with Gasteiger partial charge in [-0.1, -0.05) is 23.8 Å². The largest absolute Gasteiger partial charge is 0.491 e. The van der Waals surface area contributed by atoms with Gasteiger partial charge in [-0.15, -0.1) is 0 Å². The van der Waals surface area contributed by atoms with Crippen LogP contribution in [0, 0.1) is 20.8 Å². The minimum absolute atomic E-state index is 0.108. The van der Waals surface area contributed by atoms with Crippen molar-refractivity contribution in [3.05, 3.63) is 95.3 Å². The van der Waals surface area contributed by atoms with E-state index in [4.69, 9.17) is 9.72 Å². The van der Waals surface area contributed by atoms with Gasteiger partial charge in [-0.25, -0.2) is 17.4 Å². The van der Waals surface area contributed by atoms with Crippen molar-refractivity contribution in [3.63, 3.8) is 0 Å². The third-order valence-corrected chi connectivity index (χ3v) is 11.1. The van der Waals surface area contributed by atoms with E-state index in [1.165, 1.54) is 20.8 Å². The topological polar surface area (TPSA) is 88.0 Å². The maximum absolute atomic E-state index is 14.1. The van der Waals surface area contributed by atoms with E-state index in [2.05, 4.69) is 42.8 Å². The van der Waals surface area contributed by atoms with Gasteiger partial charge in [-0.2, -0.15) is 0 Å². The lowest BCUT2D eigenvalue weighted by Crippen LogP contribution is -2.45. The van der Waals surface area contributed by atoms with E-state index in [-0.39, 0.29) is 10.8 Å². The quantitative estimate of drug-likeness (QED) is 0.240. The molecule has 0 bridgehead atoms. The van der Waals surface area contributed by atoms with Crippen molar-refractivity contribution >= 4 is 32.7 Å². The second kappa shape index (κ2) is 11.8. The Morgan fingerprint density at radius 3 is 2.17 bits per heavy atom. The highest BCUT2D eigenvalue weighted by Crippen LogP contribution is 2.38. The van der Waals surface area contributed by atoms with Crippen LogP contribution < -0.4 is 9.64 Å². The molecule has 1 fully saturated rings. The van der Waals surface area contributed by atoms with Gasteiger partial charge in [0.25, 0.3) is 15.9 Å². The fourth-order valence-corrected chi connectivity index (χ4v) is 8.04. The number of piperazine rings is 1. The van der Waals surface area contributed by atoms with Gasteiger partial charge in [0.15, 0.2) is 5.65 Å². The van der Waals surface area contributed by atoms with Gasteiger partial charge in [0, 0.05) is 67.8 Å². The van der Waals surface area contributed by atoms with E-state index in [1.54, 1.807) is 54.7 Å². The first-order valence-corrected chi connectivity index (χ1v) is 17.4. The summed E-state index contributed by atoms with van der Waals surface area (Å²) in [4.78, 5) is 24.4. The molecule has 2 aromatic heterocycles. The molecule has 10 heteroatoms. The average molecular weight is 650 g/mol. The first kappa shape index (κ1) is 31.0. The molecular formula is C37H39N5O4S. The number of ether oxygens (including phenoxy) is 1. The summed E-state index contributed by atoms with van der Waals surface area (Å²) in [6.45, 7) is 11.1. The molecule has 0 unspecified atom stereocenters. The highest BCUT2D eigenvalue weighted by atomic mass is 32.2. The van der Waals surface area contributed by atoms with Crippen LogP contribution in [0.1, 0.15) is 27.0 Å². The summed E-state index contributed by atoms with van der Waals surface area (Å²) in [5.41, 5.74) is 8.78. The number of fused-ring (bicyclic) bond motifs is 2. The van der Waals surface area contributed by atoms with Crippen LogP contribution in [0.4, 0.5) is 5.69 Å². The average Bonchev–Trinajstić information content (AvgIpc) is 3.38. The van der Waals surface area contributed by atoms with Crippen LogP contribution in [-0.2, 0) is 10.0 Å². The number of pyridine rings is 1. The van der Waals surface area contributed by atoms with Crippen molar-refractivity contribution < 1.29 is 17.9 Å². The summed E-state index contributed by atoms with van der Waals surface area (Å²) < 4.78 is 35.4. The van der Waals surface area contributed by atoms with Crippen LogP contribution in [0.25, 0.3) is 33.3 Å². The molecule has 0 saturated carbocycles. The Morgan fingerprint density at radius 2 is 1.47 bits per heavy atom. The Balaban J connectivity index is 1.38. The monoisotopic (exact) mass is 649 g/mol. The molecule has 0 aliphatic carbocycles. The molecule has 5 aromatic rings. The zero-order valence-electron chi connectivity index (χ0n) is 27.4. The van der Waals surface area contributed by atoms with Crippen LogP contribution in [0.5, 0.6) is 5.75 Å². The SMILES string of the molecule is Cc1ccc(S(=O)(=O)n2cc(-c3ccc4c(c3)OCCN(C)C4=O)c3cc(-c4cc(C)c(N5CCN(C)CC5)c(C)c4)cnc32)cc1. The fraction of sp³-hybridized carbons (Fsp3) is 0.297. The third-order valence-electron chi connectivity index (χ3n) is 9.39. The van der Waals surface area contributed by atoms with Crippen LogP contribution in [0.2, 0.25) is 0 Å². The van der Waals surface area contributed by atoms with Crippen LogP contribution in [0.3, 0.4) is 0 Å². The summed E-state index contributed by atoms with van der Waals surface area (Å²) in [5.74, 6) is 0.372. The maximum Gasteiger partial charge on any atom is 0.269 e. The Morgan fingerprint density at radius 1 is 0.766 bits per heavy atom. The van der Waals surface area contributed by atoms with Crippen LogP contribution in [0.15, 0.2) is 78.0 Å². The number of carbonyl (C=O) groups is 1. The summed E-state index contributed by atoms with van der Waals surface area (Å²) in [7, 11) is -0.0517. The first-order valence-electron chi connectivity index (χ1n) is 15.9. The van der Waals surface area contributed by atoms with Crippen LogP contribution >= 0.6 is 0 Å². The number of hydrogen-bond acceptors (Lipinski definition) is 7. The highest BCUT2D eigenvalue weighted by Gasteiger charge is 2.26. The number of anilines is 1. The van der Waals surface area contributed by atoms with E-state index in [1.807, 2.05) is 25.1 Å². The molecule has 0 N–H and O–H groups in total.